The lowest BCUT2D eigenvalue weighted by atomic mass is 10.1. The first-order chi connectivity index (χ1) is 10.4. The van der Waals surface area contributed by atoms with E-state index in [1.54, 1.807) is 31.3 Å². The number of hydrogen-bond acceptors (Lipinski definition) is 4. The van der Waals surface area contributed by atoms with E-state index in [9.17, 15) is 13.2 Å². The van der Waals surface area contributed by atoms with E-state index in [-0.39, 0.29) is 24.0 Å². The lowest BCUT2D eigenvalue weighted by Gasteiger charge is -2.03. The van der Waals surface area contributed by atoms with Gasteiger partial charge in [0.1, 0.15) is 0 Å². The maximum atomic E-state index is 12.0. The van der Waals surface area contributed by atoms with Gasteiger partial charge in [-0.2, -0.15) is 5.10 Å². The zero-order chi connectivity index (χ0) is 16.2. The van der Waals surface area contributed by atoms with Crippen LogP contribution in [0.25, 0.3) is 0 Å². The number of amides is 1. The summed E-state index contributed by atoms with van der Waals surface area (Å²) in [4.78, 5) is 12.0. The van der Waals surface area contributed by atoms with Crippen molar-refractivity contribution in [2.75, 3.05) is 16.8 Å². The van der Waals surface area contributed by atoms with E-state index in [4.69, 9.17) is 0 Å². The Morgan fingerprint density at radius 2 is 1.91 bits per heavy atom. The Balaban J connectivity index is 1.97. The van der Waals surface area contributed by atoms with Gasteiger partial charge in [-0.15, -0.1) is 0 Å². The Hall–Kier alpha value is -2.15. The first kappa shape index (κ1) is 16.2. The fraction of sp³-hybridized carbons (Fsp3) is 0.333. The Labute approximate surface area is 130 Å². The van der Waals surface area contributed by atoms with Crippen molar-refractivity contribution in [3.05, 3.63) is 47.7 Å². The Bertz CT molecular complexity index is 749. The van der Waals surface area contributed by atoms with Gasteiger partial charge in [0.2, 0.25) is 0 Å². The zero-order valence-corrected chi connectivity index (χ0v) is 13.4. The average molecular weight is 321 g/mol. The summed E-state index contributed by atoms with van der Waals surface area (Å²) in [6, 6.07) is 8.86. The monoisotopic (exact) mass is 321 g/mol. The summed E-state index contributed by atoms with van der Waals surface area (Å²) in [5.41, 5.74) is 1.63. The molecule has 2 rings (SSSR count). The summed E-state index contributed by atoms with van der Waals surface area (Å²) < 4.78 is 24.4. The maximum Gasteiger partial charge on any atom is 0.256 e. The number of aromatic nitrogens is 2. The molecule has 0 spiro atoms. The molecule has 0 fully saturated rings. The quantitative estimate of drug-likeness (QED) is 0.881. The van der Waals surface area contributed by atoms with Crippen LogP contribution in [0.3, 0.4) is 0 Å². The smallest absolute Gasteiger partial charge is 0.256 e. The molecule has 0 radical (unpaired) electrons. The minimum absolute atomic E-state index is 0.0382. The lowest BCUT2D eigenvalue weighted by molar-refractivity contribution is 0.102. The van der Waals surface area contributed by atoms with Crippen LogP contribution in [-0.4, -0.2) is 35.6 Å². The van der Waals surface area contributed by atoms with Crippen LogP contribution in [0.1, 0.15) is 22.8 Å². The summed E-state index contributed by atoms with van der Waals surface area (Å²) in [6.07, 6.45) is 1.65. The number of sulfone groups is 1. The number of rotatable bonds is 6. The van der Waals surface area contributed by atoms with Gasteiger partial charge in [-0.25, -0.2) is 8.42 Å². The van der Waals surface area contributed by atoms with Crippen molar-refractivity contribution in [1.82, 2.24) is 9.78 Å². The molecule has 0 unspecified atom stereocenters. The number of aryl methyl sites for hydroxylation is 2. The van der Waals surface area contributed by atoms with E-state index in [1.165, 1.54) is 4.68 Å². The highest BCUT2D eigenvalue weighted by atomic mass is 32.2. The molecule has 0 aliphatic carbocycles. The normalized spacial score (nSPS) is 11.4. The van der Waals surface area contributed by atoms with Crippen molar-refractivity contribution in [2.45, 2.75) is 20.4 Å². The van der Waals surface area contributed by atoms with E-state index >= 15 is 0 Å². The highest BCUT2D eigenvalue weighted by molar-refractivity contribution is 7.91. The topological polar surface area (TPSA) is 81.1 Å². The van der Waals surface area contributed by atoms with Gasteiger partial charge in [-0.1, -0.05) is 24.6 Å². The molecule has 1 aromatic carbocycles. The van der Waals surface area contributed by atoms with E-state index in [0.717, 1.165) is 5.56 Å². The first-order valence-electron chi connectivity index (χ1n) is 7.01. The molecule has 7 heteroatoms. The highest BCUT2D eigenvalue weighted by Gasteiger charge is 2.10. The van der Waals surface area contributed by atoms with Crippen LogP contribution >= 0.6 is 0 Å². The predicted octanol–water partition coefficient (Wildman–Crippen LogP) is 1.88. The number of benzene rings is 1. The van der Waals surface area contributed by atoms with E-state index in [2.05, 4.69) is 10.4 Å². The lowest BCUT2D eigenvalue weighted by Crippen LogP contribution is -2.16. The van der Waals surface area contributed by atoms with Gasteiger partial charge in [-0.3, -0.25) is 9.48 Å². The molecule has 2 aromatic rings. The summed E-state index contributed by atoms with van der Waals surface area (Å²) in [5.74, 6) is 0.313. The van der Waals surface area contributed by atoms with Crippen LogP contribution in [0, 0.1) is 6.92 Å². The second-order valence-corrected chi connectivity index (χ2v) is 7.49. The Morgan fingerprint density at radius 1 is 1.23 bits per heavy atom. The van der Waals surface area contributed by atoms with Gasteiger partial charge in [-0.05, 0) is 19.1 Å². The van der Waals surface area contributed by atoms with Gasteiger partial charge in [0.05, 0.1) is 12.3 Å². The van der Waals surface area contributed by atoms with E-state index < -0.39 is 9.84 Å². The van der Waals surface area contributed by atoms with Crippen molar-refractivity contribution in [3.63, 3.8) is 0 Å². The molecule has 118 valence electrons. The maximum absolute atomic E-state index is 12.0. The number of anilines is 1. The van der Waals surface area contributed by atoms with Crippen LogP contribution in [-0.2, 0) is 16.4 Å². The van der Waals surface area contributed by atoms with Gasteiger partial charge in [0, 0.05) is 23.6 Å². The predicted molar refractivity (Wildman–Crippen MR) is 85.7 cm³/mol. The number of carbonyl (C=O) groups is 1. The molecule has 1 N–H and O–H groups in total. The van der Waals surface area contributed by atoms with Gasteiger partial charge >= 0.3 is 0 Å². The summed E-state index contributed by atoms with van der Waals surface area (Å²) >= 11 is 0. The van der Waals surface area contributed by atoms with Gasteiger partial charge in [0.15, 0.2) is 15.7 Å². The first-order valence-corrected chi connectivity index (χ1v) is 8.83. The third kappa shape index (κ3) is 4.42. The largest absolute Gasteiger partial charge is 0.305 e. The van der Waals surface area contributed by atoms with E-state index in [0.29, 0.717) is 11.4 Å². The summed E-state index contributed by atoms with van der Waals surface area (Å²) in [6.45, 7) is 3.84. The van der Waals surface area contributed by atoms with Crippen LogP contribution in [0.5, 0.6) is 0 Å². The van der Waals surface area contributed by atoms with Crippen molar-refractivity contribution in [3.8, 4) is 0 Å². The van der Waals surface area contributed by atoms with Crippen LogP contribution < -0.4 is 5.32 Å². The van der Waals surface area contributed by atoms with Crippen molar-refractivity contribution >= 4 is 21.6 Å². The minimum atomic E-state index is -3.03. The molecule has 0 bridgehead atoms. The molecule has 22 heavy (non-hydrogen) atoms. The number of carbonyl (C=O) groups excluding carboxylic acids is 1. The molecular weight excluding hydrogens is 302 g/mol. The molecule has 1 amide bonds. The molecule has 0 aliphatic rings. The molecular formula is C15H19N3O3S. The highest BCUT2D eigenvalue weighted by Crippen LogP contribution is 2.08. The van der Waals surface area contributed by atoms with Crippen molar-refractivity contribution in [2.24, 2.45) is 0 Å². The molecule has 0 saturated heterocycles. The second kappa shape index (κ2) is 6.74. The zero-order valence-electron chi connectivity index (χ0n) is 12.6. The number of hydrogen-bond donors (Lipinski definition) is 1. The van der Waals surface area contributed by atoms with Crippen molar-refractivity contribution < 1.29 is 13.2 Å². The number of nitrogens with one attached hydrogen (secondary N) is 1. The molecule has 1 heterocycles. The van der Waals surface area contributed by atoms with Crippen LogP contribution in [0.15, 0.2) is 36.5 Å². The third-order valence-corrected chi connectivity index (χ3v) is 4.95. The second-order valence-electron chi connectivity index (χ2n) is 5.02. The molecule has 1 aromatic heterocycles. The van der Waals surface area contributed by atoms with Crippen molar-refractivity contribution in [1.29, 1.82) is 0 Å². The average Bonchev–Trinajstić information content (AvgIpc) is 2.93. The molecule has 0 saturated carbocycles. The van der Waals surface area contributed by atoms with Gasteiger partial charge < -0.3 is 5.32 Å². The Kier molecular flexibility index (Phi) is 4.97. The fourth-order valence-electron chi connectivity index (χ4n) is 1.82. The van der Waals surface area contributed by atoms with E-state index in [1.807, 2.05) is 19.1 Å². The standard InChI is InChI=1S/C15H19N3O3S/c1-3-22(20,21)11-10-18-9-8-14(17-18)16-15(19)13-6-4-12(2)5-7-13/h4-9H,3,10-11H2,1-2H3,(H,16,17,19). The van der Waals surface area contributed by atoms with Crippen LogP contribution in [0.2, 0.25) is 0 Å². The summed E-state index contributed by atoms with van der Waals surface area (Å²) in [7, 11) is -3.03. The molecule has 0 atom stereocenters. The molecule has 6 nitrogen and oxygen atoms in total. The number of nitrogens with zero attached hydrogens (tertiary/aromatic N) is 2. The minimum Gasteiger partial charge on any atom is -0.305 e. The van der Waals surface area contributed by atoms with Gasteiger partial charge in [0.25, 0.3) is 5.91 Å². The third-order valence-electron chi connectivity index (χ3n) is 3.27. The fourth-order valence-corrected chi connectivity index (χ4v) is 2.58. The Morgan fingerprint density at radius 3 is 2.55 bits per heavy atom. The SMILES string of the molecule is CCS(=O)(=O)CCn1ccc(NC(=O)c2ccc(C)cc2)n1. The summed E-state index contributed by atoms with van der Waals surface area (Å²) in [5, 5.41) is 6.84. The molecule has 0 aliphatic heterocycles. The van der Waals surface area contributed by atoms with Crippen LogP contribution in [0.4, 0.5) is 5.82 Å².